The molecule has 1 atom stereocenters. The predicted molar refractivity (Wildman–Crippen MR) is 131 cm³/mol. The van der Waals surface area contributed by atoms with E-state index in [1.165, 1.54) is 0 Å². The van der Waals surface area contributed by atoms with Crippen LogP contribution in [-0.2, 0) is 17.9 Å². The minimum atomic E-state index is -1.06. The van der Waals surface area contributed by atoms with Crippen molar-refractivity contribution in [3.05, 3.63) is 59.9 Å². The number of aromatic nitrogens is 2. The Bertz CT molecular complexity index is 1230. The number of methoxy groups -OCH3 is 1. The van der Waals surface area contributed by atoms with Gasteiger partial charge in [-0.2, -0.15) is 0 Å². The SMILES string of the molecule is COc1cccc(CN2C(=O)c3nc4ccccc4n3C[C@@]2(C)C(=O)NC2CCC(C)CC2)c1. The molecule has 5 rings (SSSR count). The molecule has 0 unspecified atom stereocenters. The first kappa shape index (κ1) is 22.4. The van der Waals surface area contributed by atoms with Crippen molar-refractivity contribution in [2.75, 3.05) is 7.11 Å². The van der Waals surface area contributed by atoms with Crippen molar-refractivity contribution >= 4 is 22.8 Å². The summed E-state index contributed by atoms with van der Waals surface area (Å²) in [6.45, 7) is 4.79. The van der Waals surface area contributed by atoms with Crippen LogP contribution in [0.1, 0.15) is 55.7 Å². The molecule has 0 bridgehead atoms. The average molecular weight is 461 g/mol. The van der Waals surface area contributed by atoms with E-state index in [1.807, 2.05) is 60.0 Å². The van der Waals surface area contributed by atoms with Crippen LogP contribution in [0.4, 0.5) is 0 Å². The third kappa shape index (κ3) is 3.93. The molecule has 0 radical (unpaired) electrons. The number of ether oxygens (including phenoxy) is 1. The Morgan fingerprint density at radius 1 is 1.15 bits per heavy atom. The summed E-state index contributed by atoms with van der Waals surface area (Å²) in [6.07, 6.45) is 4.19. The molecule has 0 spiro atoms. The summed E-state index contributed by atoms with van der Waals surface area (Å²) in [5.41, 5.74) is 1.48. The van der Waals surface area contributed by atoms with Gasteiger partial charge in [-0.15, -0.1) is 0 Å². The Balaban J connectivity index is 1.52. The highest BCUT2D eigenvalue weighted by atomic mass is 16.5. The summed E-state index contributed by atoms with van der Waals surface area (Å²) < 4.78 is 7.28. The molecule has 7 nitrogen and oxygen atoms in total. The first-order valence-electron chi connectivity index (χ1n) is 12.1. The first-order valence-corrected chi connectivity index (χ1v) is 12.1. The van der Waals surface area contributed by atoms with Crippen LogP contribution in [0.15, 0.2) is 48.5 Å². The topological polar surface area (TPSA) is 76.5 Å². The lowest BCUT2D eigenvalue weighted by Crippen LogP contribution is -2.64. The van der Waals surface area contributed by atoms with Crippen LogP contribution >= 0.6 is 0 Å². The van der Waals surface area contributed by atoms with Gasteiger partial charge in [0.05, 0.1) is 24.7 Å². The van der Waals surface area contributed by atoms with E-state index in [2.05, 4.69) is 17.2 Å². The molecule has 178 valence electrons. The molecule has 1 N–H and O–H groups in total. The van der Waals surface area contributed by atoms with E-state index >= 15 is 0 Å². The van der Waals surface area contributed by atoms with Crippen molar-refractivity contribution in [2.45, 2.75) is 64.2 Å². The van der Waals surface area contributed by atoms with Gasteiger partial charge in [0.25, 0.3) is 5.91 Å². The molecule has 1 aliphatic heterocycles. The molecule has 2 aliphatic rings. The zero-order valence-electron chi connectivity index (χ0n) is 20.1. The molecule has 1 aliphatic carbocycles. The van der Waals surface area contributed by atoms with Crippen LogP contribution in [0, 0.1) is 5.92 Å². The first-order chi connectivity index (χ1) is 16.4. The van der Waals surface area contributed by atoms with E-state index < -0.39 is 5.54 Å². The normalized spacial score (nSPS) is 24.7. The fourth-order valence-electron chi connectivity index (χ4n) is 5.28. The number of hydrogen-bond donors (Lipinski definition) is 1. The molecule has 2 amide bonds. The Hall–Kier alpha value is -3.35. The molecule has 34 heavy (non-hydrogen) atoms. The average Bonchev–Trinajstić information content (AvgIpc) is 3.22. The van der Waals surface area contributed by atoms with Crippen LogP contribution in [0.5, 0.6) is 5.75 Å². The number of benzene rings is 2. The number of nitrogens with one attached hydrogen (secondary N) is 1. The number of carbonyl (C=O) groups excluding carboxylic acids is 2. The lowest BCUT2D eigenvalue weighted by molar-refractivity contribution is -0.134. The number of para-hydroxylation sites is 2. The zero-order chi connectivity index (χ0) is 23.9. The summed E-state index contributed by atoms with van der Waals surface area (Å²) in [6, 6.07) is 15.5. The molecule has 1 saturated carbocycles. The fraction of sp³-hybridized carbons (Fsp3) is 0.444. The largest absolute Gasteiger partial charge is 0.497 e. The van der Waals surface area contributed by atoms with Gasteiger partial charge < -0.3 is 19.5 Å². The standard InChI is InChI=1S/C27H32N4O3/c1-18-11-13-20(14-12-18)28-26(33)27(2)17-30-23-10-5-4-9-22(23)29-24(30)25(32)31(27)16-19-7-6-8-21(15-19)34-3/h4-10,15,18,20H,11-14,16-17H2,1-3H3,(H,28,33)/t18?,20?,27-/m0/s1. The van der Waals surface area contributed by atoms with Crippen molar-refractivity contribution in [1.82, 2.24) is 19.8 Å². The molecular formula is C27H32N4O3. The second-order valence-corrected chi connectivity index (χ2v) is 9.96. The van der Waals surface area contributed by atoms with Gasteiger partial charge in [0, 0.05) is 12.6 Å². The molecular weight excluding hydrogens is 428 g/mol. The number of amides is 2. The lowest BCUT2D eigenvalue weighted by Gasteiger charge is -2.44. The maximum Gasteiger partial charge on any atom is 0.291 e. The lowest BCUT2D eigenvalue weighted by atomic mass is 9.86. The van der Waals surface area contributed by atoms with Gasteiger partial charge in [-0.1, -0.05) is 31.2 Å². The summed E-state index contributed by atoms with van der Waals surface area (Å²) in [5, 5.41) is 3.29. The second kappa shape index (κ2) is 8.78. The van der Waals surface area contributed by atoms with E-state index in [0.29, 0.717) is 24.8 Å². The maximum atomic E-state index is 13.8. The van der Waals surface area contributed by atoms with Gasteiger partial charge in [-0.25, -0.2) is 4.98 Å². The number of rotatable bonds is 5. The molecule has 1 aromatic heterocycles. The summed E-state index contributed by atoms with van der Waals surface area (Å²) >= 11 is 0. The van der Waals surface area contributed by atoms with Crippen molar-refractivity contribution in [3.8, 4) is 5.75 Å². The highest BCUT2D eigenvalue weighted by Gasteiger charge is 2.48. The highest BCUT2D eigenvalue weighted by Crippen LogP contribution is 2.33. The summed E-state index contributed by atoms with van der Waals surface area (Å²) in [7, 11) is 1.62. The number of imidazole rings is 1. The van der Waals surface area contributed by atoms with Crippen LogP contribution in [0.2, 0.25) is 0 Å². The van der Waals surface area contributed by atoms with Crippen molar-refractivity contribution in [3.63, 3.8) is 0 Å². The molecule has 3 aromatic rings. The van der Waals surface area contributed by atoms with Crippen LogP contribution in [0.3, 0.4) is 0 Å². The van der Waals surface area contributed by atoms with E-state index in [0.717, 1.165) is 48.0 Å². The summed E-state index contributed by atoms with van der Waals surface area (Å²) in [5.74, 6) is 1.45. The van der Waals surface area contributed by atoms with Crippen molar-refractivity contribution < 1.29 is 14.3 Å². The molecule has 7 heteroatoms. The van der Waals surface area contributed by atoms with Gasteiger partial charge >= 0.3 is 0 Å². The number of carbonyl (C=O) groups is 2. The van der Waals surface area contributed by atoms with Gasteiger partial charge in [0.2, 0.25) is 5.91 Å². The highest BCUT2D eigenvalue weighted by molar-refractivity contribution is 6.01. The van der Waals surface area contributed by atoms with Gasteiger partial charge in [0.1, 0.15) is 11.3 Å². The van der Waals surface area contributed by atoms with Gasteiger partial charge in [0.15, 0.2) is 5.82 Å². The van der Waals surface area contributed by atoms with E-state index in [1.54, 1.807) is 12.0 Å². The van der Waals surface area contributed by atoms with Crippen LogP contribution in [0.25, 0.3) is 11.0 Å². The van der Waals surface area contributed by atoms with Crippen molar-refractivity contribution in [1.29, 1.82) is 0 Å². The Morgan fingerprint density at radius 3 is 2.68 bits per heavy atom. The van der Waals surface area contributed by atoms with Gasteiger partial charge in [-0.3, -0.25) is 9.59 Å². The molecule has 2 aromatic carbocycles. The number of hydrogen-bond acceptors (Lipinski definition) is 4. The minimum absolute atomic E-state index is 0.105. The van der Waals surface area contributed by atoms with E-state index in [9.17, 15) is 9.59 Å². The number of fused-ring (bicyclic) bond motifs is 3. The molecule has 1 fully saturated rings. The molecule has 2 heterocycles. The third-order valence-electron chi connectivity index (χ3n) is 7.47. The van der Waals surface area contributed by atoms with Gasteiger partial charge in [-0.05, 0) is 68.4 Å². The summed E-state index contributed by atoms with van der Waals surface area (Å²) in [4.78, 5) is 34.0. The monoisotopic (exact) mass is 460 g/mol. The Labute approximate surface area is 200 Å². The van der Waals surface area contributed by atoms with Crippen LogP contribution < -0.4 is 10.1 Å². The van der Waals surface area contributed by atoms with Crippen molar-refractivity contribution in [2.24, 2.45) is 5.92 Å². The third-order valence-corrected chi connectivity index (χ3v) is 7.47. The maximum absolute atomic E-state index is 13.8. The quantitative estimate of drug-likeness (QED) is 0.621. The smallest absolute Gasteiger partial charge is 0.291 e. The minimum Gasteiger partial charge on any atom is -0.497 e. The number of nitrogens with zero attached hydrogens (tertiary/aromatic N) is 3. The van der Waals surface area contributed by atoms with E-state index in [-0.39, 0.29) is 17.9 Å². The van der Waals surface area contributed by atoms with Crippen LogP contribution in [-0.4, -0.2) is 45.0 Å². The zero-order valence-corrected chi connectivity index (χ0v) is 20.1. The Kier molecular flexibility index (Phi) is 5.80. The molecule has 0 saturated heterocycles. The van der Waals surface area contributed by atoms with E-state index in [4.69, 9.17) is 4.74 Å². The predicted octanol–water partition coefficient (Wildman–Crippen LogP) is 4.15. The Morgan fingerprint density at radius 2 is 1.91 bits per heavy atom. The fourth-order valence-corrected chi connectivity index (χ4v) is 5.28. The second-order valence-electron chi connectivity index (χ2n) is 9.96.